The number of carbonyl (C=O) groups excluding carboxylic acids is 1. The first-order valence-corrected chi connectivity index (χ1v) is 6.57. The van der Waals surface area contributed by atoms with Crippen molar-refractivity contribution in [3.05, 3.63) is 0 Å². The van der Waals surface area contributed by atoms with E-state index in [0.29, 0.717) is 6.04 Å². The second-order valence-electron chi connectivity index (χ2n) is 5.14. The predicted molar refractivity (Wildman–Crippen MR) is 68.9 cm³/mol. The molecule has 0 aromatic heterocycles. The molecule has 0 aromatic carbocycles. The summed E-state index contributed by atoms with van der Waals surface area (Å²) in [7, 11) is 3.63. The maximum atomic E-state index is 11.4. The monoisotopic (exact) mass is 242 g/mol. The smallest absolute Gasteiger partial charge is 0.309 e. The Morgan fingerprint density at radius 3 is 2.76 bits per heavy atom. The number of hydrogen-bond acceptors (Lipinski definition) is 4. The quantitative estimate of drug-likeness (QED) is 0.737. The molecule has 0 aliphatic carbocycles. The molecule has 4 heteroatoms. The second kappa shape index (κ2) is 6.97. The van der Waals surface area contributed by atoms with E-state index in [1.807, 2.05) is 13.8 Å². The summed E-state index contributed by atoms with van der Waals surface area (Å²) in [4.78, 5) is 13.8. The van der Waals surface area contributed by atoms with Gasteiger partial charge in [0.15, 0.2) is 0 Å². The molecule has 17 heavy (non-hydrogen) atoms. The standard InChI is InChI=1S/C13H26N2O2/c1-10(13(16)17-4)11(2)14-9-12-7-5-6-8-15(12)3/h10-12,14H,5-9H2,1-4H3. The van der Waals surface area contributed by atoms with Crippen LogP contribution in [0.4, 0.5) is 0 Å². The van der Waals surface area contributed by atoms with Gasteiger partial charge in [-0.15, -0.1) is 0 Å². The van der Waals surface area contributed by atoms with Gasteiger partial charge in [-0.1, -0.05) is 13.3 Å². The minimum Gasteiger partial charge on any atom is -0.469 e. The van der Waals surface area contributed by atoms with Crippen LogP contribution < -0.4 is 5.32 Å². The summed E-state index contributed by atoms with van der Waals surface area (Å²) < 4.78 is 4.76. The Morgan fingerprint density at radius 1 is 1.47 bits per heavy atom. The van der Waals surface area contributed by atoms with Gasteiger partial charge in [0.1, 0.15) is 0 Å². The first kappa shape index (κ1) is 14.5. The third kappa shape index (κ3) is 4.28. The van der Waals surface area contributed by atoms with Crippen molar-refractivity contribution in [2.75, 3.05) is 27.2 Å². The zero-order valence-electron chi connectivity index (χ0n) is 11.5. The van der Waals surface area contributed by atoms with Gasteiger partial charge < -0.3 is 15.0 Å². The largest absolute Gasteiger partial charge is 0.469 e. The number of nitrogens with one attached hydrogen (secondary N) is 1. The summed E-state index contributed by atoms with van der Waals surface area (Å²) in [6.07, 6.45) is 3.88. The number of piperidine rings is 1. The molecular formula is C13H26N2O2. The molecule has 1 aliphatic heterocycles. The number of nitrogens with zero attached hydrogens (tertiary/aromatic N) is 1. The number of methoxy groups -OCH3 is 1. The SMILES string of the molecule is COC(=O)C(C)C(C)NCC1CCCCN1C. The Morgan fingerprint density at radius 2 is 2.18 bits per heavy atom. The second-order valence-corrected chi connectivity index (χ2v) is 5.14. The van der Waals surface area contributed by atoms with Gasteiger partial charge in [-0.05, 0) is 33.4 Å². The molecule has 1 rings (SSSR count). The Balaban J connectivity index is 2.31. The lowest BCUT2D eigenvalue weighted by atomic mass is 10.0. The van der Waals surface area contributed by atoms with Crippen LogP contribution in [-0.4, -0.2) is 50.2 Å². The molecule has 1 heterocycles. The molecule has 4 nitrogen and oxygen atoms in total. The predicted octanol–water partition coefficient (Wildman–Crippen LogP) is 1.26. The van der Waals surface area contributed by atoms with E-state index in [-0.39, 0.29) is 17.9 Å². The van der Waals surface area contributed by atoms with Gasteiger partial charge >= 0.3 is 5.97 Å². The van der Waals surface area contributed by atoms with Crippen LogP contribution in [0.5, 0.6) is 0 Å². The average Bonchev–Trinajstić information content (AvgIpc) is 2.35. The van der Waals surface area contributed by atoms with Gasteiger partial charge in [0.2, 0.25) is 0 Å². The van der Waals surface area contributed by atoms with Gasteiger partial charge in [-0.25, -0.2) is 0 Å². The molecule has 1 aliphatic rings. The molecular weight excluding hydrogens is 216 g/mol. The van der Waals surface area contributed by atoms with Crippen molar-refractivity contribution >= 4 is 5.97 Å². The highest BCUT2D eigenvalue weighted by Gasteiger charge is 2.23. The van der Waals surface area contributed by atoms with Crippen molar-refractivity contribution in [3.63, 3.8) is 0 Å². The van der Waals surface area contributed by atoms with E-state index >= 15 is 0 Å². The van der Waals surface area contributed by atoms with Gasteiger partial charge in [-0.3, -0.25) is 4.79 Å². The minimum absolute atomic E-state index is 0.0890. The first-order valence-electron chi connectivity index (χ1n) is 6.57. The van der Waals surface area contributed by atoms with Crippen LogP contribution in [0.15, 0.2) is 0 Å². The molecule has 0 spiro atoms. The zero-order chi connectivity index (χ0) is 12.8. The highest BCUT2D eigenvalue weighted by Crippen LogP contribution is 2.14. The van der Waals surface area contributed by atoms with Gasteiger partial charge in [0.25, 0.3) is 0 Å². The number of esters is 1. The molecule has 1 saturated heterocycles. The van der Waals surface area contributed by atoms with Crippen LogP contribution in [0.2, 0.25) is 0 Å². The van der Waals surface area contributed by atoms with Crippen molar-refractivity contribution in [1.29, 1.82) is 0 Å². The van der Waals surface area contributed by atoms with Crippen LogP contribution in [0.25, 0.3) is 0 Å². The number of hydrogen-bond donors (Lipinski definition) is 1. The van der Waals surface area contributed by atoms with Crippen molar-refractivity contribution in [2.24, 2.45) is 5.92 Å². The molecule has 0 radical (unpaired) electrons. The Labute approximate surface area is 105 Å². The third-order valence-electron chi connectivity index (χ3n) is 3.92. The summed E-state index contributed by atoms with van der Waals surface area (Å²) in [5.74, 6) is -0.226. The highest BCUT2D eigenvalue weighted by atomic mass is 16.5. The molecule has 100 valence electrons. The zero-order valence-corrected chi connectivity index (χ0v) is 11.5. The lowest BCUT2D eigenvalue weighted by molar-refractivity contribution is -0.145. The van der Waals surface area contributed by atoms with E-state index < -0.39 is 0 Å². The lowest BCUT2D eigenvalue weighted by Gasteiger charge is -2.34. The molecule has 1 N–H and O–H groups in total. The van der Waals surface area contributed by atoms with Crippen molar-refractivity contribution in [2.45, 2.75) is 45.2 Å². The summed E-state index contributed by atoms with van der Waals surface area (Å²) in [6, 6.07) is 0.772. The molecule has 3 unspecified atom stereocenters. The molecule has 3 atom stereocenters. The number of rotatable bonds is 5. The van der Waals surface area contributed by atoms with Gasteiger partial charge in [0, 0.05) is 18.6 Å². The summed E-state index contributed by atoms with van der Waals surface area (Å²) in [5, 5.41) is 3.46. The van der Waals surface area contributed by atoms with Crippen molar-refractivity contribution in [1.82, 2.24) is 10.2 Å². The first-order chi connectivity index (χ1) is 8.06. The molecule has 0 bridgehead atoms. The van der Waals surface area contributed by atoms with Crippen LogP contribution >= 0.6 is 0 Å². The van der Waals surface area contributed by atoms with Crippen LogP contribution in [0.3, 0.4) is 0 Å². The molecule has 0 saturated carbocycles. The maximum Gasteiger partial charge on any atom is 0.309 e. The average molecular weight is 242 g/mol. The number of likely N-dealkylation sites (N-methyl/N-ethyl adjacent to an activating group) is 1. The molecule has 0 aromatic rings. The van der Waals surface area contributed by atoms with E-state index in [1.165, 1.54) is 32.9 Å². The van der Waals surface area contributed by atoms with E-state index in [9.17, 15) is 4.79 Å². The van der Waals surface area contributed by atoms with Crippen molar-refractivity contribution in [3.8, 4) is 0 Å². The van der Waals surface area contributed by atoms with Crippen LogP contribution in [0, 0.1) is 5.92 Å². The lowest BCUT2D eigenvalue weighted by Crippen LogP contribution is -2.47. The third-order valence-corrected chi connectivity index (χ3v) is 3.92. The topological polar surface area (TPSA) is 41.6 Å². The van der Waals surface area contributed by atoms with E-state index in [1.54, 1.807) is 0 Å². The fourth-order valence-electron chi connectivity index (χ4n) is 2.29. The normalized spacial score (nSPS) is 25.3. The molecule has 1 fully saturated rings. The number of likely N-dealkylation sites (tertiary alicyclic amines) is 1. The Hall–Kier alpha value is -0.610. The van der Waals surface area contributed by atoms with Gasteiger partial charge in [-0.2, -0.15) is 0 Å². The highest BCUT2D eigenvalue weighted by molar-refractivity contribution is 5.72. The number of carbonyl (C=O) groups is 1. The van der Waals surface area contributed by atoms with E-state index in [2.05, 4.69) is 17.3 Å². The fraction of sp³-hybridized carbons (Fsp3) is 0.923. The minimum atomic E-state index is -0.137. The van der Waals surface area contributed by atoms with E-state index in [0.717, 1.165) is 6.54 Å². The fourth-order valence-corrected chi connectivity index (χ4v) is 2.29. The van der Waals surface area contributed by atoms with Crippen molar-refractivity contribution < 1.29 is 9.53 Å². The summed E-state index contributed by atoms with van der Waals surface area (Å²) in [5.41, 5.74) is 0. The summed E-state index contributed by atoms with van der Waals surface area (Å²) in [6.45, 7) is 6.10. The van der Waals surface area contributed by atoms with Crippen LogP contribution in [-0.2, 0) is 9.53 Å². The Bertz CT molecular complexity index is 246. The maximum absolute atomic E-state index is 11.4. The Kier molecular flexibility index (Phi) is 5.92. The molecule has 0 amide bonds. The summed E-state index contributed by atoms with van der Waals surface area (Å²) >= 11 is 0. The number of ether oxygens (including phenoxy) is 1. The van der Waals surface area contributed by atoms with Gasteiger partial charge in [0.05, 0.1) is 13.0 Å². The van der Waals surface area contributed by atoms with E-state index in [4.69, 9.17) is 4.74 Å². The van der Waals surface area contributed by atoms with Crippen LogP contribution in [0.1, 0.15) is 33.1 Å².